The van der Waals surface area contributed by atoms with E-state index in [4.69, 9.17) is 5.11 Å². The van der Waals surface area contributed by atoms with E-state index in [0.717, 1.165) is 16.0 Å². The predicted molar refractivity (Wildman–Crippen MR) is 73.1 cm³/mol. The summed E-state index contributed by atoms with van der Waals surface area (Å²) in [6, 6.07) is 3.17. The summed E-state index contributed by atoms with van der Waals surface area (Å²) in [7, 11) is 1.43. The quantitative estimate of drug-likeness (QED) is 0.865. The van der Waals surface area contributed by atoms with Gasteiger partial charge >= 0.3 is 12.0 Å². The minimum Gasteiger partial charge on any atom is -0.480 e. The molecule has 0 fully saturated rings. The van der Waals surface area contributed by atoms with Crippen LogP contribution in [0.4, 0.5) is 9.18 Å². The number of aliphatic carboxylic acids is 1. The molecule has 6 heteroatoms. The molecule has 110 valence electrons. The smallest absolute Gasteiger partial charge is 0.326 e. The number of likely N-dealkylation sites (N-methyl/N-ethyl adjacent to an activating group) is 1. The van der Waals surface area contributed by atoms with Gasteiger partial charge in [0, 0.05) is 13.6 Å². The molecule has 0 aliphatic rings. The zero-order valence-corrected chi connectivity index (χ0v) is 11.8. The molecule has 1 atom stereocenters. The number of halogens is 1. The molecule has 0 spiro atoms. The van der Waals surface area contributed by atoms with Crippen molar-refractivity contribution < 1.29 is 19.1 Å². The molecule has 0 aliphatic heterocycles. The van der Waals surface area contributed by atoms with Gasteiger partial charge in [-0.3, -0.25) is 0 Å². The number of carboxylic acid groups (broad SMARTS) is 1. The van der Waals surface area contributed by atoms with Crippen LogP contribution >= 0.6 is 0 Å². The number of hydrogen-bond donors (Lipinski definition) is 2. The molecule has 2 amide bonds. The lowest BCUT2D eigenvalue weighted by Crippen LogP contribution is -2.46. The van der Waals surface area contributed by atoms with Gasteiger partial charge in [-0.1, -0.05) is 6.07 Å². The fourth-order valence-electron chi connectivity index (χ4n) is 1.71. The zero-order chi connectivity index (χ0) is 15.3. The first-order valence-electron chi connectivity index (χ1n) is 6.31. The first kappa shape index (κ1) is 15.9. The number of urea groups is 1. The second kappa shape index (κ2) is 6.88. The third-order valence-electron chi connectivity index (χ3n) is 3.23. The number of benzene rings is 1. The number of aryl methyl sites for hydroxylation is 1. The Labute approximate surface area is 117 Å². The summed E-state index contributed by atoms with van der Waals surface area (Å²) in [5.41, 5.74) is 1.77. The van der Waals surface area contributed by atoms with E-state index in [0.29, 0.717) is 13.0 Å². The molecular formula is C14H19FN2O3. The third kappa shape index (κ3) is 4.22. The maximum atomic E-state index is 12.9. The normalized spacial score (nSPS) is 11.8. The van der Waals surface area contributed by atoms with Crippen LogP contribution in [-0.2, 0) is 11.2 Å². The molecule has 0 aliphatic carbocycles. The molecule has 1 aromatic rings. The van der Waals surface area contributed by atoms with Gasteiger partial charge in [0.2, 0.25) is 0 Å². The second-order valence-corrected chi connectivity index (χ2v) is 4.68. The van der Waals surface area contributed by atoms with Crippen molar-refractivity contribution in [3.63, 3.8) is 0 Å². The van der Waals surface area contributed by atoms with E-state index >= 15 is 0 Å². The molecule has 0 saturated carbocycles. The highest BCUT2D eigenvalue weighted by atomic mass is 19.1. The van der Waals surface area contributed by atoms with E-state index in [1.165, 1.54) is 26.1 Å². The molecule has 1 rings (SSSR count). The van der Waals surface area contributed by atoms with Crippen molar-refractivity contribution in [2.45, 2.75) is 26.3 Å². The van der Waals surface area contributed by atoms with Crippen molar-refractivity contribution in [2.24, 2.45) is 0 Å². The number of carboxylic acids is 1. The van der Waals surface area contributed by atoms with Crippen molar-refractivity contribution in [3.05, 3.63) is 35.1 Å². The Balaban J connectivity index is 2.48. The van der Waals surface area contributed by atoms with Crippen LogP contribution in [0.1, 0.15) is 18.1 Å². The van der Waals surface area contributed by atoms with Crippen molar-refractivity contribution >= 4 is 12.0 Å². The first-order chi connectivity index (χ1) is 9.32. The molecule has 0 aromatic heterocycles. The van der Waals surface area contributed by atoms with Gasteiger partial charge in [0.1, 0.15) is 11.9 Å². The van der Waals surface area contributed by atoms with Gasteiger partial charge in [-0.2, -0.15) is 0 Å². The van der Waals surface area contributed by atoms with Crippen molar-refractivity contribution in [1.29, 1.82) is 0 Å². The van der Waals surface area contributed by atoms with Crippen molar-refractivity contribution in [2.75, 3.05) is 13.6 Å². The number of nitrogens with zero attached hydrogens (tertiary/aromatic N) is 1. The Morgan fingerprint density at radius 1 is 1.45 bits per heavy atom. The van der Waals surface area contributed by atoms with Crippen LogP contribution in [0.2, 0.25) is 0 Å². The van der Waals surface area contributed by atoms with Gasteiger partial charge in [-0.05, 0) is 43.5 Å². The average molecular weight is 282 g/mol. The minimum absolute atomic E-state index is 0.287. The first-order valence-corrected chi connectivity index (χ1v) is 6.31. The van der Waals surface area contributed by atoms with E-state index in [1.807, 2.05) is 0 Å². The number of amides is 2. The molecular weight excluding hydrogens is 263 g/mol. The number of rotatable bonds is 5. The summed E-state index contributed by atoms with van der Waals surface area (Å²) < 4.78 is 12.9. The van der Waals surface area contributed by atoms with Crippen molar-refractivity contribution in [1.82, 2.24) is 10.2 Å². The highest BCUT2D eigenvalue weighted by Gasteiger charge is 2.21. The molecule has 1 unspecified atom stereocenters. The standard InChI is InChI=1S/C14H19FN2O3/c1-9-8-12(15)5-4-11(9)6-7-16-14(20)17(3)10(2)13(18)19/h4-5,8,10H,6-7H2,1-3H3,(H,16,20)(H,18,19). The predicted octanol–water partition coefficient (Wildman–Crippen LogP) is 1.79. The minimum atomic E-state index is -1.06. The van der Waals surface area contributed by atoms with Crippen LogP contribution in [0.25, 0.3) is 0 Å². The van der Waals surface area contributed by atoms with Crippen molar-refractivity contribution in [3.8, 4) is 0 Å². The average Bonchev–Trinajstić information content (AvgIpc) is 2.39. The van der Waals surface area contributed by atoms with E-state index in [9.17, 15) is 14.0 Å². The van der Waals surface area contributed by atoms with Crippen LogP contribution in [0.15, 0.2) is 18.2 Å². The van der Waals surface area contributed by atoms with Crippen LogP contribution in [-0.4, -0.2) is 41.6 Å². The van der Waals surface area contributed by atoms with Crippen LogP contribution in [0, 0.1) is 12.7 Å². The number of carbonyl (C=O) groups is 2. The SMILES string of the molecule is Cc1cc(F)ccc1CCNC(=O)N(C)C(C)C(=O)O. The van der Waals surface area contributed by atoms with Gasteiger partial charge in [0.15, 0.2) is 0 Å². The topological polar surface area (TPSA) is 69.6 Å². The van der Waals surface area contributed by atoms with Crippen LogP contribution in [0.3, 0.4) is 0 Å². The molecule has 5 nitrogen and oxygen atoms in total. The van der Waals surface area contributed by atoms with E-state index in [-0.39, 0.29) is 5.82 Å². The van der Waals surface area contributed by atoms with E-state index in [2.05, 4.69) is 5.32 Å². The lowest BCUT2D eigenvalue weighted by atomic mass is 10.1. The third-order valence-corrected chi connectivity index (χ3v) is 3.23. The van der Waals surface area contributed by atoms with Gasteiger partial charge < -0.3 is 15.3 Å². The van der Waals surface area contributed by atoms with Gasteiger partial charge in [-0.25, -0.2) is 14.0 Å². The lowest BCUT2D eigenvalue weighted by molar-refractivity contribution is -0.141. The Bertz CT molecular complexity index is 505. The fourth-order valence-corrected chi connectivity index (χ4v) is 1.71. The lowest BCUT2D eigenvalue weighted by Gasteiger charge is -2.21. The van der Waals surface area contributed by atoms with Crippen LogP contribution in [0.5, 0.6) is 0 Å². The molecule has 0 saturated heterocycles. The van der Waals surface area contributed by atoms with E-state index < -0.39 is 18.0 Å². The summed E-state index contributed by atoms with van der Waals surface area (Å²) in [4.78, 5) is 23.6. The summed E-state index contributed by atoms with van der Waals surface area (Å²) in [6.07, 6.45) is 0.563. The molecule has 0 radical (unpaired) electrons. The monoisotopic (exact) mass is 282 g/mol. The van der Waals surface area contributed by atoms with Gasteiger partial charge in [-0.15, -0.1) is 0 Å². The van der Waals surface area contributed by atoms with E-state index in [1.54, 1.807) is 13.0 Å². The summed E-state index contributed by atoms with van der Waals surface area (Å²) in [6.45, 7) is 3.60. The highest BCUT2D eigenvalue weighted by Crippen LogP contribution is 2.10. The Morgan fingerprint density at radius 3 is 2.65 bits per heavy atom. The van der Waals surface area contributed by atoms with Gasteiger partial charge in [0.25, 0.3) is 0 Å². The second-order valence-electron chi connectivity index (χ2n) is 4.68. The molecule has 1 aromatic carbocycles. The highest BCUT2D eigenvalue weighted by molar-refractivity contribution is 5.82. The summed E-state index contributed by atoms with van der Waals surface area (Å²) in [5.74, 6) is -1.35. The molecule has 0 bridgehead atoms. The van der Waals surface area contributed by atoms with Crippen LogP contribution < -0.4 is 5.32 Å². The number of nitrogens with one attached hydrogen (secondary N) is 1. The van der Waals surface area contributed by atoms with Gasteiger partial charge in [0.05, 0.1) is 0 Å². The number of hydrogen-bond acceptors (Lipinski definition) is 2. The Kier molecular flexibility index (Phi) is 5.49. The molecule has 20 heavy (non-hydrogen) atoms. The summed E-state index contributed by atoms with van der Waals surface area (Å²) in [5, 5.41) is 11.4. The fraction of sp³-hybridized carbons (Fsp3) is 0.429. The Morgan fingerprint density at radius 2 is 2.10 bits per heavy atom. The zero-order valence-electron chi connectivity index (χ0n) is 11.8. The molecule has 0 heterocycles. The maximum absolute atomic E-state index is 12.9. The maximum Gasteiger partial charge on any atom is 0.326 e. The summed E-state index contributed by atoms with van der Waals surface area (Å²) >= 11 is 0. The largest absolute Gasteiger partial charge is 0.480 e. The molecule has 2 N–H and O–H groups in total. The number of carbonyl (C=O) groups excluding carboxylic acids is 1. The Hall–Kier alpha value is -2.11.